The highest BCUT2D eigenvalue weighted by Gasteiger charge is 2.18. The number of hydrogen-bond acceptors (Lipinski definition) is 3. The van der Waals surface area contributed by atoms with Crippen LogP contribution in [-0.2, 0) is 25.7 Å². The second-order valence-corrected chi connectivity index (χ2v) is 11.1. The molecule has 0 fully saturated rings. The average molecular weight is 530 g/mol. The van der Waals surface area contributed by atoms with Crippen molar-refractivity contribution in [3.63, 3.8) is 0 Å². The minimum atomic E-state index is 0.677. The van der Waals surface area contributed by atoms with Gasteiger partial charge in [-0.2, -0.15) is 5.26 Å². The first-order valence-electron chi connectivity index (χ1n) is 15.1. The Morgan fingerprint density at radius 3 is 1.43 bits per heavy atom. The molecule has 4 rings (SSSR count). The van der Waals surface area contributed by atoms with Gasteiger partial charge in [0.15, 0.2) is 0 Å². The molecule has 3 aromatic carbocycles. The van der Waals surface area contributed by atoms with E-state index in [0.29, 0.717) is 5.56 Å². The molecular formula is C37H43N3. The number of benzene rings is 3. The Labute approximate surface area is 241 Å². The van der Waals surface area contributed by atoms with Gasteiger partial charge in [0.25, 0.3) is 0 Å². The smallest absolute Gasteiger partial charge is 0.0991 e. The lowest BCUT2D eigenvalue weighted by Crippen LogP contribution is -2.01. The van der Waals surface area contributed by atoms with Crippen molar-refractivity contribution in [2.24, 2.45) is 0 Å². The fourth-order valence-corrected chi connectivity index (χ4v) is 5.88. The Kier molecular flexibility index (Phi) is 9.88. The van der Waals surface area contributed by atoms with Crippen LogP contribution in [0.25, 0.3) is 33.8 Å². The first kappa shape index (κ1) is 29.2. The van der Waals surface area contributed by atoms with Gasteiger partial charge >= 0.3 is 0 Å². The molecule has 0 radical (unpaired) electrons. The fourth-order valence-electron chi connectivity index (χ4n) is 5.88. The predicted molar refractivity (Wildman–Crippen MR) is 169 cm³/mol. The van der Waals surface area contributed by atoms with E-state index >= 15 is 0 Å². The minimum Gasteiger partial charge on any atom is -0.252 e. The summed E-state index contributed by atoms with van der Waals surface area (Å²) >= 11 is 0. The molecule has 0 bridgehead atoms. The number of rotatable bonds is 11. The van der Waals surface area contributed by atoms with Crippen molar-refractivity contribution in [2.45, 2.75) is 92.9 Å². The summed E-state index contributed by atoms with van der Waals surface area (Å²) in [6.07, 6.45) is 10.6. The van der Waals surface area contributed by atoms with E-state index in [9.17, 15) is 5.26 Å². The zero-order chi connectivity index (χ0) is 28.6. The van der Waals surface area contributed by atoms with Crippen LogP contribution in [0, 0.1) is 25.2 Å². The largest absolute Gasteiger partial charge is 0.252 e. The third kappa shape index (κ3) is 6.68. The normalized spacial score (nSPS) is 11.0. The topological polar surface area (TPSA) is 49.6 Å². The highest BCUT2D eigenvalue weighted by Crippen LogP contribution is 2.36. The van der Waals surface area contributed by atoms with Gasteiger partial charge in [0.1, 0.15) is 0 Å². The molecule has 0 atom stereocenters. The van der Waals surface area contributed by atoms with Gasteiger partial charge in [0, 0.05) is 16.7 Å². The van der Waals surface area contributed by atoms with Crippen LogP contribution in [0.1, 0.15) is 92.3 Å². The number of hydrogen-bond donors (Lipinski definition) is 0. The van der Waals surface area contributed by atoms with Crippen LogP contribution in [0.3, 0.4) is 0 Å². The SMILES string of the molecule is CCCc1cc(CCC)cc(-c2ncc(-c3c(C)cc(C#N)cc3C)nc2-c2cc(CCC)cc(CCC)c2)c1. The van der Waals surface area contributed by atoms with Crippen LogP contribution in [0.4, 0.5) is 0 Å². The number of aromatic nitrogens is 2. The van der Waals surface area contributed by atoms with Crippen LogP contribution < -0.4 is 0 Å². The molecule has 40 heavy (non-hydrogen) atoms. The van der Waals surface area contributed by atoms with Gasteiger partial charge in [-0.3, -0.25) is 4.98 Å². The summed E-state index contributed by atoms with van der Waals surface area (Å²) in [5, 5.41) is 9.49. The van der Waals surface area contributed by atoms with Gasteiger partial charge in [-0.25, -0.2) is 4.98 Å². The van der Waals surface area contributed by atoms with Crippen molar-refractivity contribution < 1.29 is 0 Å². The Morgan fingerprint density at radius 1 is 0.600 bits per heavy atom. The van der Waals surface area contributed by atoms with Crippen molar-refractivity contribution >= 4 is 0 Å². The van der Waals surface area contributed by atoms with E-state index in [1.165, 1.54) is 22.3 Å². The van der Waals surface area contributed by atoms with Crippen molar-refractivity contribution in [1.82, 2.24) is 9.97 Å². The summed E-state index contributed by atoms with van der Waals surface area (Å²) in [6.45, 7) is 13.1. The van der Waals surface area contributed by atoms with Crippen LogP contribution in [0.2, 0.25) is 0 Å². The minimum absolute atomic E-state index is 0.677. The molecule has 3 heteroatoms. The Hall–Kier alpha value is -3.77. The number of nitrogens with zero attached hydrogens (tertiary/aromatic N) is 3. The lowest BCUT2D eigenvalue weighted by molar-refractivity contribution is 0.895. The van der Waals surface area contributed by atoms with Gasteiger partial charge in [0.2, 0.25) is 0 Å². The third-order valence-electron chi connectivity index (χ3n) is 7.50. The van der Waals surface area contributed by atoms with Gasteiger partial charge < -0.3 is 0 Å². The molecule has 0 saturated carbocycles. The molecule has 1 heterocycles. The second-order valence-electron chi connectivity index (χ2n) is 11.1. The summed E-state index contributed by atoms with van der Waals surface area (Å²) in [5.41, 5.74) is 14.3. The van der Waals surface area contributed by atoms with Crippen molar-refractivity contribution in [1.29, 1.82) is 5.26 Å². The summed E-state index contributed by atoms with van der Waals surface area (Å²) in [5.74, 6) is 0. The van der Waals surface area contributed by atoms with E-state index in [1.54, 1.807) is 0 Å². The third-order valence-corrected chi connectivity index (χ3v) is 7.50. The predicted octanol–water partition coefficient (Wildman–Crippen LogP) is 9.78. The fraction of sp³-hybridized carbons (Fsp3) is 0.378. The molecule has 0 aliphatic rings. The lowest BCUT2D eigenvalue weighted by Gasteiger charge is -2.17. The monoisotopic (exact) mass is 529 g/mol. The van der Waals surface area contributed by atoms with Crippen molar-refractivity contribution in [3.8, 4) is 39.8 Å². The van der Waals surface area contributed by atoms with E-state index in [4.69, 9.17) is 9.97 Å². The molecule has 0 aliphatic carbocycles. The Morgan fingerprint density at radius 2 is 1.02 bits per heavy atom. The summed E-state index contributed by atoms with van der Waals surface area (Å²) in [6, 6.07) is 20.2. The van der Waals surface area contributed by atoms with Crippen LogP contribution in [0.15, 0.2) is 54.7 Å². The maximum absolute atomic E-state index is 9.49. The van der Waals surface area contributed by atoms with Gasteiger partial charge in [-0.05, 0) is 109 Å². The van der Waals surface area contributed by atoms with E-state index in [2.05, 4.69) is 84.0 Å². The highest BCUT2D eigenvalue weighted by molar-refractivity contribution is 5.81. The Bertz CT molecular complexity index is 1450. The van der Waals surface area contributed by atoms with Crippen molar-refractivity contribution in [2.75, 3.05) is 0 Å². The standard InChI is InChI=1S/C37H43N3/c1-7-11-27-17-28(12-8-2)20-32(19-27)36-37(33-21-29(13-9-3)18-30(22-33)14-10-4)40-34(24-39-36)35-25(5)15-31(23-38)16-26(35)6/h15-22,24H,7-14H2,1-6H3. The molecular weight excluding hydrogens is 486 g/mol. The van der Waals surface area contributed by atoms with E-state index in [1.807, 2.05) is 18.3 Å². The van der Waals surface area contributed by atoms with Gasteiger partial charge in [-0.15, -0.1) is 0 Å². The molecule has 0 N–H and O–H groups in total. The van der Waals surface area contributed by atoms with Crippen LogP contribution in [0.5, 0.6) is 0 Å². The zero-order valence-electron chi connectivity index (χ0n) is 25.2. The molecule has 206 valence electrons. The van der Waals surface area contributed by atoms with Gasteiger partial charge in [0.05, 0.1) is 34.9 Å². The number of aryl methyl sites for hydroxylation is 6. The Balaban J connectivity index is 2.01. The van der Waals surface area contributed by atoms with Crippen molar-refractivity contribution in [3.05, 3.63) is 93.7 Å². The van der Waals surface area contributed by atoms with Gasteiger partial charge in [-0.1, -0.05) is 65.5 Å². The maximum Gasteiger partial charge on any atom is 0.0991 e. The quantitative estimate of drug-likeness (QED) is 0.194. The summed E-state index contributed by atoms with van der Waals surface area (Å²) in [7, 11) is 0. The lowest BCUT2D eigenvalue weighted by atomic mass is 9.93. The molecule has 0 aliphatic heterocycles. The zero-order valence-corrected chi connectivity index (χ0v) is 25.2. The maximum atomic E-state index is 9.49. The summed E-state index contributed by atoms with van der Waals surface area (Å²) < 4.78 is 0. The molecule has 0 unspecified atom stereocenters. The molecule has 4 aromatic rings. The highest BCUT2D eigenvalue weighted by atomic mass is 14.8. The summed E-state index contributed by atoms with van der Waals surface area (Å²) in [4.78, 5) is 10.5. The molecule has 0 amide bonds. The molecule has 0 spiro atoms. The average Bonchev–Trinajstić information content (AvgIpc) is 2.93. The van der Waals surface area contributed by atoms with E-state index in [0.717, 1.165) is 96.3 Å². The van der Waals surface area contributed by atoms with E-state index in [-0.39, 0.29) is 0 Å². The van der Waals surface area contributed by atoms with Crippen LogP contribution in [-0.4, -0.2) is 9.97 Å². The molecule has 0 saturated heterocycles. The molecule has 3 nitrogen and oxygen atoms in total. The van der Waals surface area contributed by atoms with Crippen LogP contribution >= 0.6 is 0 Å². The first-order chi connectivity index (χ1) is 19.4. The molecule has 1 aromatic heterocycles. The van der Waals surface area contributed by atoms with E-state index < -0.39 is 0 Å². The second kappa shape index (κ2) is 13.5. The first-order valence-corrected chi connectivity index (χ1v) is 15.1. The number of nitriles is 1.